The molecule has 3 nitrogen and oxygen atoms in total. The van der Waals surface area contributed by atoms with Gasteiger partial charge in [-0.3, -0.25) is 4.99 Å². The summed E-state index contributed by atoms with van der Waals surface area (Å²) in [4.78, 5) is 3.94. The molecular weight excluding hydrogens is 92.1 g/mol. The number of fused-ring (bicyclic) bond motifs is 1. The van der Waals surface area contributed by atoms with E-state index >= 15 is 0 Å². The van der Waals surface area contributed by atoms with E-state index in [2.05, 4.69) is 10.3 Å². The lowest BCUT2D eigenvalue weighted by Gasteiger charge is -1.95. The fraction of sp³-hybridized carbons (Fsp3) is 0.750. The SMILES string of the molecule is C1=NCC2OC2N1. The van der Waals surface area contributed by atoms with Gasteiger partial charge in [0, 0.05) is 0 Å². The summed E-state index contributed by atoms with van der Waals surface area (Å²) in [6.07, 6.45) is 2.40. The summed E-state index contributed by atoms with van der Waals surface area (Å²) in [6, 6.07) is 0. The molecule has 2 atom stereocenters. The standard InChI is InChI=1S/C4H6N2O/c1-3-4(7-3)6-2-5-1/h2-4H,1H2,(H,5,6). The lowest BCUT2D eigenvalue weighted by molar-refractivity contribution is 0.371. The Kier molecular flexibility index (Phi) is 0.481. The van der Waals surface area contributed by atoms with Crippen molar-refractivity contribution in [2.75, 3.05) is 6.54 Å². The molecule has 0 aliphatic carbocycles. The number of epoxide rings is 1. The van der Waals surface area contributed by atoms with Gasteiger partial charge in [0.15, 0.2) is 6.23 Å². The van der Waals surface area contributed by atoms with Crippen LogP contribution in [0.15, 0.2) is 4.99 Å². The summed E-state index contributed by atoms with van der Waals surface area (Å²) in [7, 11) is 0. The van der Waals surface area contributed by atoms with Gasteiger partial charge in [0.1, 0.15) is 6.10 Å². The second kappa shape index (κ2) is 0.980. The topological polar surface area (TPSA) is 36.9 Å². The van der Waals surface area contributed by atoms with Gasteiger partial charge in [0.25, 0.3) is 0 Å². The van der Waals surface area contributed by atoms with Crippen LogP contribution < -0.4 is 5.32 Å². The van der Waals surface area contributed by atoms with E-state index in [9.17, 15) is 0 Å². The minimum absolute atomic E-state index is 0.303. The lowest BCUT2D eigenvalue weighted by Crippen LogP contribution is -2.22. The Bertz CT molecular complexity index is 100. The average molecular weight is 98.1 g/mol. The molecule has 2 unspecified atom stereocenters. The Morgan fingerprint density at radius 2 is 2.86 bits per heavy atom. The zero-order valence-electron chi connectivity index (χ0n) is 3.79. The van der Waals surface area contributed by atoms with Crippen molar-refractivity contribution in [3.05, 3.63) is 0 Å². The Morgan fingerprint density at radius 3 is 3.43 bits per heavy atom. The summed E-state index contributed by atoms with van der Waals surface area (Å²) < 4.78 is 5.04. The van der Waals surface area contributed by atoms with Gasteiger partial charge in [-0.1, -0.05) is 0 Å². The van der Waals surface area contributed by atoms with Crippen LogP contribution in [0.25, 0.3) is 0 Å². The van der Waals surface area contributed by atoms with E-state index in [-0.39, 0.29) is 0 Å². The van der Waals surface area contributed by atoms with Crippen molar-refractivity contribution in [2.45, 2.75) is 12.3 Å². The molecule has 0 aromatic rings. The molecular formula is C4H6N2O. The molecule has 0 bridgehead atoms. The number of ether oxygens (including phenoxy) is 1. The van der Waals surface area contributed by atoms with E-state index in [1.165, 1.54) is 0 Å². The van der Waals surface area contributed by atoms with Gasteiger partial charge in [-0.25, -0.2) is 0 Å². The molecule has 1 N–H and O–H groups in total. The first-order chi connectivity index (χ1) is 3.47. The molecule has 38 valence electrons. The minimum Gasteiger partial charge on any atom is -0.349 e. The second-order valence-corrected chi connectivity index (χ2v) is 1.76. The molecule has 7 heavy (non-hydrogen) atoms. The summed E-state index contributed by atoms with van der Waals surface area (Å²) in [6.45, 7) is 0.845. The number of hydrogen-bond acceptors (Lipinski definition) is 3. The van der Waals surface area contributed by atoms with Gasteiger partial charge >= 0.3 is 0 Å². The number of nitrogens with one attached hydrogen (secondary N) is 1. The van der Waals surface area contributed by atoms with Crippen LogP contribution in [-0.4, -0.2) is 25.2 Å². The van der Waals surface area contributed by atoms with Crippen molar-refractivity contribution in [3.63, 3.8) is 0 Å². The van der Waals surface area contributed by atoms with Gasteiger partial charge in [0.2, 0.25) is 0 Å². The van der Waals surface area contributed by atoms with Crippen LogP contribution in [0.5, 0.6) is 0 Å². The quantitative estimate of drug-likeness (QED) is 0.408. The van der Waals surface area contributed by atoms with E-state index in [0.29, 0.717) is 12.3 Å². The van der Waals surface area contributed by atoms with Crippen LogP contribution in [0.3, 0.4) is 0 Å². The predicted octanol–water partition coefficient (Wildman–Crippen LogP) is -0.657. The Hall–Kier alpha value is -0.570. The molecule has 0 saturated carbocycles. The maximum Gasteiger partial charge on any atom is 0.157 e. The lowest BCUT2D eigenvalue weighted by atomic mass is 10.4. The van der Waals surface area contributed by atoms with E-state index in [4.69, 9.17) is 4.74 Å². The van der Waals surface area contributed by atoms with Crippen LogP contribution in [0.2, 0.25) is 0 Å². The Balaban J connectivity index is 2.10. The van der Waals surface area contributed by atoms with Gasteiger partial charge < -0.3 is 10.1 Å². The van der Waals surface area contributed by atoms with Gasteiger partial charge in [0.05, 0.1) is 12.9 Å². The van der Waals surface area contributed by atoms with Crippen molar-refractivity contribution in [3.8, 4) is 0 Å². The maximum absolute atomic E-state index is 5.04. The average Bonchev–Trinajstić information content (AvgIpc) is 2.41. The van der Waals surface area contributed by atoms with Gasteiger partial charge in [-0.05, 0) is 0 Å². The molecule has 0 aromatic heterocycles. The molecule has 3 heteroatoms. The van der Waals surface area contributed by atoms with E-state index in [0.717, 1.165) is 6.54 Å². The monoisotopic (exact) mass is 98.0 g/mol. The fourth-order valence-electron chi connectivity index (χ4n) is 0.711. The van der Waals surface area contributed by atoms with Crippen molar-refractivity contribution in [2.24, 2.45) is 4.99 Å². The summed E-state index contributed by atoms with van der Waals surface area (Å²) >= 11 is 0. The molecule has 0 radical (unpaired) electrons. The third-order valence-corrected chi connectivity index (χ3v) is 1.20. The zero-order chi connectivity index (χ0) is 4.69. The first-order valence-corrected chi connectivity index (χ1v) is 2.36. The molecule has 2 aliphatic rings. The number of nitrogens with zero attached hydrogens (tertiary/aromatic N) is 1. The van der Waals surface area contributed by atoms with E-state index < -0.39 is 0 Å². The molecule has 0 aromatic carbocycles. The van der Waals surface area contributed by atoms with Crippen LogP contribution in [0.1, 0.15) is 0 Å². The van der Waals surface area contributed by atoms with Crippen LogP contribution in [-0.2, 0) is 4.74 Å². The smallest absolute Gasteiger partial charge is 0.157 e. The summed E-state index contributed by atoms with van der Waals surface area (Å²) in [5.74, 6) is 0. The second-order valence-electron chi connectivity index (χ2n) is 1.76. The highest BCUT2D eigenvalue weighted by Crippen LogP contribution is 2.20. The third-order valence-electron chi connectivity index (χ3n) is 1.20. The Labute approximate surface area is 41.4 Å². The van der Waals surface area contributed by atoms with Crippen molar-refractivity contribution >= 4 is 6.34 Å². The summed E-state index contributed by atoms with van der Waals surface area (Å²) in [5.41, 5.74) is 0. The van der Waals surface area contributed by atoms with Crippen molar-refractivity contribution in [1.29, 1.82) is 0 Å². The van der Waals surface area contributed by atoms with E-state index in [1.54, 1.807) is 6.34 Å². The molecule has 2 rings (SSSR count). The first-order valence-electron chi connectivity index (χ1n) is 2.36. The Morgan fingerprint density at radius 1 is 1.86 bits per heavy atom. The molecule has 0 spiro atoms. The highest BCUT2D eigenvalue weighted by atomic mass is 16.6. The van der Waals surface area contributed by atoms with Crippen LogP contribution in [0, 0.1) is 0 Å². The summed E-state index contributed by atoms with van der Waals surface area (Å²) in [5, 5.41) is 2.94. The number of rotatable bonds is 0. The van der Waals surface area contributed by atoms with Crippen LogP contribution in [0.4, 0.5) is 0 Å². The highest BCUT2D eigenvalue weighted by molar-refractivity contribution is 5.56. The molecule has 2 aliphatic heterocycles. The normalized spacial score (nSPS) is 44.6. The zero-order valence-corrected chi connectivity index (χ0v) is 3.79. The molecule has 0 amide bonds. The van der Waals surface area contributed by atoms with Crippen LogP contribution >= 0.6 is 0 Å². The first kappa shape index (κ1) is 3.43. The largest absolute Gasteiger partial charge is 0.349 e. The van der Waals surface area contributed by atoms with Gasteiger partial charge in [-0.15, -0.1) is 0 Å². The van der Waals surface area contributed by atoms with Crippen molar-refractivity contribution in [1.82, 2.24) is 5.32 Å². The third kappa shape index (κ3) is 0.413. The van der Waals surface area contributed by atoms with Crippen molar-refractivity contribution < 1.29 is 4.74 Å². The highest BCUT2D eigenvalue weighted by Gasteiger charge is 2.39. The predicted molar refractivity (Wildman–Crippen MR) is 25.2 cm³/mol. The van der Waals surface area contributed by atoms with Gasteiger partial charge in [-0.2, -0.15) is 0 Å². The fourth-order valence-corrected chi connectivity index (χ4v) is 0.711. The van der Waals surface area contributed by atoms with E-state index in [1.807, 2.05) is 0 Å². The number of aliphatic imine (C=N–C) groups is 1. The number of hydrogen-bond donors (Lipinski definition) is 1. The molecule has 1 fully saturated rings. The molecule has 2 heterocycles. The molecule has 1 saturated heterocycles. The maximum atomic E-state index is 5.04. The minimum atomic E-state index is 0.303.